The highest BCUT2D eigenvalue weighted by atomic mass is 19.1. The van der Waals surface area contributed by atoms with Crippen molar-refractivity contribution >= 4 is 23.2 Å². The summed E-state index contributed by atoms with van der Waals surface area (Å²) in [5, 5.41) is 6.30. The van der Waals surface area contributed by atoms with Crippen molar-refractivity contribution in [3.05, 3.63) is 83.7 Å². The molecule has 3 aromatic rings. The Balaban J connectivity index is 1.42. The van der Waals surface area contributed by atoms with Crippen LogP contribution >= 0.6 is 0 Å². The minimum absolute atomic E-state index is 0.00121. The van der Waals surface area contributed by atoms with Gasteiger partial charge in [0.15, 0.2) is 5.82 Å². The molecule has 0 saturated heterocycles. The van der Waals surface area contributed by atoms with Gasteiger partial charge in [0.2, 0.25) is 5.91 Å². The lowest BCUT2D eigenvalue weighted by Gasteiger charge is -2.18. The summed E-state index contributed by atoms with van der Waals surface area (Å²) in [4.78, 5) is 19.3. The number of anilines is 3. The van der Waals surface area contributed by atoms with E-state index in [9.17, 15) is 9.18 Å². The maximum Gasteiger partial charge on any atom is 0.228 e. The number of hydrogen-bond donors (Lipinski definition) is 2. The second-order valence-electron chi connectivity index (χ2n) is 7.79. The number of pyridine rings is 1. The molecule has 1 aliphatic carbocycles. The molecule has 1 amide bonds. The van der Waals surface area contributed by atoms with Crippen LogP contribution in [0.25, 0.3) is 0 Å². The molecule has 1 heterocycles. The number of carbonyl (C=O) groups is 1. The van der Waals surface area contributed by atoms with E-state index < -0.39 is 0 Å². The minimum atomic E-state index is -0.253. The number of rotatable bonds is 7. The van der Waals surface area contributed by atoms with E-state index in [1.807, 2.05) is 49.3 Å². The molecule has 1 saturated carbocycles. The van der Waals surface area contributed by atoms with Crippen molar-refractivity contribution in [3.63, 3.8) is 0 Å². The first kappa shape index (κ1) is 19.9. The van der Waals surface area contributed by atoms with Crippen LogP contribution in [-0.2, 0) is 11.3 Å². The summed E-state index contributed by atoms with van der Waals surface area (Å²) in [5.74, 6) is 1.44. The highest BCUT2D eigenvalue weighted by molar-refractivity contribution is 5.97. The molecule has 1 aliphatic rings. The van der Waals surface area contributed by atoms with Crippen molar-refractivity contribution in [1.29, 1.82) is 0 Å². The second-order valence-corrected chi connectivity index (χ2v) is 7.79. The molecule has 30 heavy (non-hydrogen) atoms. The van der Waals surface area contributed by atoms with Crippen LogP contribution in [0.2, 0.25) is 0 Å². The summed E-state index contributed by atoms with van der Waals surface area (Å²) in [6.45, 7) is 0.534. The Morgan fingerprint density at radius 2 is 1.80 bits per heavy atom. The Bertz CT molecular complexity index is 1020. The zero-order valence-electron chi connectivity index (χ0n) is 17.1. The van der Waals surface area contributed by atoms with Crippen molar-refractivity contribution in [2.24, 2.45) is 5.92 Å². The van der Waals surface area contributed by atoms with Crippen LogP contribution < -0.4 is 15.5 Å². The quantitative estimate of drug-likeness (QED) is 0.602. The Labute approximate surface area is 176 Å². The van der Waals surface area contributed by atoms with E-state index in [2.05, 4.69) is 27.8 Å². The van der Waals surface area contributed by atoms with E-state index >= 15 is 0 Å². The first-order valence-corrected chi connectivity index (χ1v) is 10.0. The van der Waals surface area contributed by atoms with Gasteiger partial charge in [-0.25, -0.2) is 9.37 Å². The van der Waals surface area contributed by atoms with E-state index in [4.69, 9.17) is 0 Å². The van der Waals surface area contributed by atoms with Crippen LogP contribution in [0.15, 0.2) is 66.7 Å². The van der Waals surface area contributed by atoms with E-state index in [0.717, 1.165) is 12.0 Å². The topological polar surface area (TPSA) is 57.3 Å². The molecule has 0 unspecified atom stereocenters. The molecule has 1 aromatic heterocycles. The fourth-order valence-electron chi connectivity index (χ4n) is 3.56. The fourth-order valence-corrected chi connectivity index (χ4v) is 3.56. The monoisotopic (exact) mass is 404 g/mol. The predicted molar refractivity (Wildman–Crippen MR) is 118 cm³/mol. The molecule has 2 N–H and O–H groups in total. The number of nitrogens with one attached hydrogen (secondary N) is 2. The molecule has 2 aromatic carbocycles. The van der Waals surface area contributed by atoms with Gasteiger partial charge in [-0.05, 0) is 47.7 Å². The summed E-state index contributed by atoms with van der Waals surface area (Å²) in [5.41, 5.74) is 2.86. The predicted octanol–water partition coefficient (Wildman–Crippen LogP) is 4.64. The molecular weight excluding hydrogens is 379 g/mol. The maximum atomic E-state index is 13.0. The molecule has 0 spiro atoms. The van der Waals surface area contributed by atoms with Gasteiger partial charge in [-0.3, -0.25) is 4.79 Å². The molecule has 0 aliphatic heterocycles. The van der Waals surface area contributed by atoms with Crippen LogP contribution in [0.1, 0.15) is 23.5 Å². The molecule has 154 valence electrons. The summed E-state index contributed by atoms with van der Waals surface area (Å²) >= 11 is 0. The molecule has 6 heteroatoms. The lowest BCUT2D eigenvalue weighted by Crippen LogP contribution is -2.20. The molecule has 0 radical (unpaired) electrons. The van der Waals surface area contributed by atoms with Gasteiger partial charge >= 0.3 is 0 Å². The third-order valence-electron chi connectivity index (χ3n) is 5.30. The van der Waals surface area contributed by atoms with Crippen molar-refractivity contribution in [3.8, 4) is 0 Å². The lowest BCUT2D eigenvalue weighted by molar-refractivity contribution is -0.117. The number of carbonyl (C=O) groups excluding carboxylic acids is 1. The molecule has 4 rings (SSSR count). The van der Waals surface area contributed by atoms with E-state index in [-0.39, 0.29) is 17.6 Å². The first-order chi connectivity index (χ1) is 14.5. The van der Waals surface area contributed by atoms with Crippen LogP contribution in [0.3, 0.4) is 0 Å². The second kappa shape index (κ2) is 8.53. The van der Waals surface area contributed by atoms with Crippen molar-refractivity contribution in [1.82, 2.24) is 4.98 Å². The smallest absolute Gasteiger partial charge is 0.228 e. The maximum absolute atomic E-state index is 13.0. The zero-order valence-corrected chi connectivity index (χ0v) is 17.1. The van der Waals surface area contributed by atoms with Crippen LogP contribution in [0, 0.1) is 11.7 Å². The van der Waals surface area contributed by atoms with Crippen molar-refractivity contribution in [2.75, 3.05) is 29.6 Å². The number of nitrogens with zero attached hydrogens (tertiary/aromatic N) is 2. The summed E-state index contributed by atoms with van der Waals surface area (Å²) < 4.78 is 13.0. The van der Waals surface area contributed by atoms with E-state index in [0.29, 0.717) is 29.8 Å². The zero-order chi connectivity index (χ0) is 21.1. The molecule has 1 fully saturated rings. The summed E-state index contributed by atoms with van der Waals surface area (Å²) in [6, 6.07) is 20.2. The third kappa shape index (κ3) is 4.59. The number of aromatic nitrogens is 1. The Hall–Kier alpha value is -3.41. The van der Waals surface area contributed by atoms with Gasteiger partial charge in [0.25, 0.3) is 0 Å². The van der Waals surface area contributed by atoms with E-state index in [1.165, 1.54) is 17.7 Å². The average Bonchev–Trinajstić information content (AvgIpc) is 3.56. The minimum Gasteiger partial charge on any atom is -0.366 e. The first-order valence-electron chi connectivity index (χ1n) is 10.0. The lowest BCUT2D eigenvalue weighted by atomic mass is 10.1. The summed E-state index contributed by atoms with van der Waals surface area (Å²) in [6.07, 6.45) is 0.873. The Kier molecular flexibility index (Phi) is 5.65. The molecule has 5 nitrogen and oxygen atoms in total. The van der Waals surface area contributed by atoms with Gasteiger partial charge in [0.1, 0.15) is 11.6 Å². The van der Waals surface area contributed by atoms with Crippen LogP contribution in [0.4, 0.5) is 21.7 Å². The fraction of sp³-hybridized carbons (Fsp3) is 0.250. The van der Waals surface area contributed by atoms with Crippen LogP contribution in [-0.4, -0.2) is 25.0 Å². The van der Waals surface area contributed by atoms with Crippen LogP contribution in [0.5, 0.6) is 0 Å². The highest BCUT2D eigenvalue weighted by Crippen LogP contribution is 2.48. The average molecular weight is 404 g/mol. The van der Waals surface area contributed by atoms with Crippen molar-refractivity contribution in [2.45, 2.75) is 18.9 Å². The standard InChI is InChI=1S/C24H25FN4O/c1-29(2)23-21(27-24(30)20-14-19(20)17-6-4-3-5-7-17)12-13-22(28-23)26-15-16-8-10-18(25)11-9-16/h3-13,19-20H,14-15H2,1-2H3,(H,26,28)(H,27,30)/t19-,20+/m0/s1. The van der Waals surface area contributed by atoms with Crippen molar-refractivity contribution < 1.29 is 9.18 Å². The SMILES string of the molecule is CN(C)c1nc(NCc2ccc(F)cc2)ccc1NC(=O)[C@@H]1C[C@H]1c1ccccc1. The highest BCUT2D eigenvalue weighted by Gasteiger charge is 2.44. The van der Waals surface area contributed by atoms with Gasteiger partial charge in [-0.2, -0.15) is 0 Å². The van der Waals surface area contributed by atoms with Gasteiger partial charge in [-0.1, -0.05) is 42.5 Å². The molecule has 2 atom stereocenters. The largest absolute Gasteiger partial charge is 0.366 e. The number of hydrogen-bond acceptors (Lipinski definition) is 4. The van der Waals surface area contributed by atoms with Gasteiger partial charge in [-0.15, -0.1) is 0 Å². The normalized spacial score (nSPS) is 17.3. The third-order valence-corrected chi connectivity index (χ3v) is 5.30. The van der Waals surface area contributed by atoms with Gasteiger partial charge in [0, 0.05) is 26.6 Å². The molecular formula is C24H25FN4O. The number of amides is 1. The number of benzene rings is 2. The Morgan fingerprint density at radius 3 is 2.50 bits per heavy atom. The van der Waals surface area contributed by atoms with E-state index in [1.54, 1.807) is 12.1 Å². The number of halogens is 1. The summed E-state index contributed by atoms with van der Waals surface area (Å²) in [7, 11) is 3.79. The van der Waals surface area contributed by atoms with Gasteiger partial charge < -0.3 is 15.5 Å². The Morgan fingerprint density at radius 1 is 1.07 bits per heavy atom. The molecule has 0 bridgehead atoms. The van der Waals surface area contributed by atoms with Gasteiger partial charge in [0.05, 0.1) is 5.69 Å².